The molecule has 2 aromatic heterocycles. The third-order valence-electron chi connectivity index (χ3n) is 4.95. The number of benzene rings is 1. The fraction of sp³-hybridized carbons (Fsp3) is 0.125. The largest absolute Gasteiger partial charge is 0.402 e. The summed E-state index contributed by atoms with van der Waals surface area (Å²) in [4.78, 5) is 36.5. The van der Waals surface area contributed by atoms with Crippen molar-refractivity contribution in [2.75, 3.05) is 4.90 Å². The highest BCUT2D eigenvalue weighted by molar-refractivity contribution is 6.34. The van der Waals surface area contributed by atoms with Gasteiger partial charge in [-0.15, -0.1) is 5.10 Å². The predicted molar refractivity (Wildman–Crippen MR) is 128 cm³/mol. The Labute approximate surface area is 200 Å². The van der Waals surface area contributed by atoms with Gasteiger partial charge >= 0.3 is 0 Å². The van der Waals surface area contributed by atoms with Crippen molar-refractivity contribution in [1.29, 1.82) is 0 Å². The fourth-order valence-electron chi connectivity index (χ4n) is 3.28. The number of nitrogens with two attached hydrogens (primary N) is 1. The second-order valence-corrected chi connectivity index (χ2v) is 7.60. The number of tetrazole rings is 1. The molecule has 0 bridgehead atoms. The Bertz CT molecular complexity index is 1360. The lowest BCUT2D eigenvalue weighted by Crippen LogP contribution is -2.30. The van der Waals surface area contributed by atoms with E-state index in [1.165, 1.54) is 4.68 Å². The molecule has 1 aliphatic rings. The van der Waals surface area contributed by atoms with Crippen molar-refractivity contribution in [3.8, 4) is 0 Å². The minimum Gasteiger partial charge on any atom is -0.402 e. The molecule has 35 heavy (non-hydrogen) atoms. The van der Waals surface area contributed by atoms with Crippen molar-refractivity contribution < 1.29 is 14.4 Å². The predicted octanol–water partition coefficient (Wildman–Crippen LogP) is 2.53. The van der Waals surface area contributed by atoms with Crippen LogP contribution >= 0.6 is 0 Å². The van der Waals surface area contributed by atoms with Gasteiger partial charge in [0.25, 0.3) is 11.8 Å². The average Bonchev–Trinajstić information content (AvgIpc) is 3.37. The van der Waals surface area contributed by atoms with E-state index >= 15 is 0 Å². The van der Waals surface area contributed by atoms with Gasteiger partial charge < -0.3 is 10.6 Å². The smallest absolute Gasteiger partial charge is 0.267 e. The van der Waals surface area contributed by atoms with Crippen LogP contribution in [0.2, 0.25) is 0 Å². The van der Waals surface area contributed by atoms with Crippen molar-refractivity contribution in [1.82, 2.24) is 25.2 Å². The van der Waals surface area contributed by atoms with Crippen molar-refractivity contribution in [2.24, 2.45) is 10.9 Å². The molecule has 3 heterocycles. The molecule has 11 heteroatoms. The molecular formula is C24H22N8O3. The molecule has 0 atom stereocenters. The Morgan fingerprint density at radius 3 is 2.49 bits per heavy atom. The first-order chi connectivity index (χ1) is 16.9. The second-order valence-electron chi connectivity index (χ2n) is 7.60. The maximum atomic E-state index is 12.8. The summed E-state index contributed by atoms with van der Waals surface area (Å²) in [5.74, 6) is 0.113. The van der Waals surface area contributed by atoms with Crippen molar-refractivity contribution in [3.05, 3.63) is 101 Å². The first-order valence-electron chi connectivity index (χ1n) is 10.6. The van der Waals surface area contributed by atoms with Gasteiger partial charge in [0.1, 0.15) is 5.82 Å². The van der Waals surface area contributed by atoms with Gasteiger partial charge in [0.05, 0.1) is 16.8 Å². The number of oxime groups is 1. The first kappa shape index (κ1) is 23.2. The third kappa shape index (κ3) is 4.88. The Morgan fingerprint density at radius 1 is 1.14 bits per heavy atom. The minimum atomic E-state index is -0.421. The third-order valence-corrected chi connectivity index (χ3v) is 4.95. The van der Waals surface area contributed by atoms with Crippen LogP contribution in [0.4, 0.5) is 5.82 Å². The normalized spacial score (nSPS) is 14.1. The molecule has 0 unspecified atom stereocenters. The van der Waals surface area contributed by atoms with E-state index in [1.54, 1.807) is 74.5 Å². The maximum absolute atomic E-state index is 12.8. The number of hydrogen-bond acceptors (Lipinski definition) is 9. The van der Waals surface area contributed by atoms with Crippen LogP contribution in [-0.2, 0) is 11.4 Å². The number of fused-ring (bicyclic) bond motifs is 1. The van der Waals surface area contributed by atoms with E-state index in [-0.39, 0.29) is 18.3 Å². The summed E-state index contributed by atoms with van der Waals surface area (Å²) in [5.41, 5.74) is 7.91. The number of anilines is 1. The van der Waals surface area contributed by atoms with Crippen LogP contribution in [0.3, 0.4) is 0 Å². The number of rotatable bonds is 7. The molecule has 1 aliphatic heterocycles. The molecule has 1 aromatic carbocycles. The number of hydrogen-bond donors (Lipinski definition) is 1. The van der Waals surface area contributed by atoms with Crippen LogP contribution < -0.4 is 10.6 Å². The van der Waals surface area contributed by atoms with Crippen LogP contribution in [0.15, 0.2) is 83.7 Å². The van der Waals surface area contributed by atoms with Gasteiger partial charge in [0.2, 0.25) is 5.84 Å². The van der Waals surface area contributed by atoms with Gasteiger partial charge in [0.15, 0.2) is 12.4 Å². The van der Waals surface area contributed by atoms with Gasteiger partial charge in [-0.3, -0.25) is 9.59 Å². The van der Waals surface area contributed by atoms with E-state index in [9.17, 15) is 9.59 Å². The molecule has 0 fully saturated rings. The van der Waals surface area contributed by atoms with Crippen molar-refractivity contribution in [2.45, 2.75) is 20.5 Å². The highest BCUT2D eigenvalue weighted by atomic mass is 16.6. The summed E-state index contributed by atoms with van der Waals surface area (Å²) in [6.07, 6.45) is 5.13. The number of amides is 2. The molecule has 0 aliphatic carbocycles. The first-order valence-corrected chi connectivity index (χ1v) is 10.6. The zero-order chi connectivity index (χ0) is 24.9. The van der Waals surface area contributed by atoms with Gasteiger partial charge in [-0.2, -0.15) is 4.68 Å². The number of imide groups is 1. The van der Waals surface area contributed by atoms with Crippen LogP contribution in [0, 0.1) is 6.92 Å². The molecule has 176 valence electrons. The topological polar surface area (TPSA) is 141 Å². The Morgan fingerprint density at radius 2 is 1.86 bits per heavy atom. The highest BCUT2D eigenvalue weighted by Gasteiger charge is 2.37. The zero-order valence-electron chi connectivity index (χ0n) is 19.1. The maximum Gasteiger partial charge on any atom is 0.267 e. The molecule has 0 saturated heterocycles. The van der Waals surface area contributed by atoms with Crippen LogP contribution in [-0.4, -0.2) is 42.8 Å². The Balaban J connectivity index is 1.54. The number of carbonyl (C=O) groups excluding carboxylic acids is 2. The Hall–Kier alpha value is -4.93. The van der Waals surface area contributed by atoms with Crippen molar-refractivity contribution in [3.63, 3.8) is 0 Å². The van der Waals surface area contributed by atoms with Crippen LogP contribution in [0.5, 0.6) is 0 Å². The molecule has 0 spiro atoms. The van der Waals surface area contributed by atoms with Gasteiger partial charge in [0, 0.05) is 11.3 Å². The molecule has 2 N–H and O–H groups in total. The molecule has 0 radical (unpaired) electrons. The number of carbonyl (C=O) groups is 2. The highest BCUT2D eigenvalue weighted by Crippen LogP contribution is 2.27. The van der Waals surface area contributed by atoms with E-state index in [0.717, 1.165) is 4.90 Å². The molecule has 0 saturated carbocycles. The molecule has 4 rings (SSSR count). The average molecular weight is 470 g/mol. The van der Waals surface area contributed by atoms with Gasteiger partial charge in [-0.1, -0.05) is 42.1 Å². The molecule has 11 nitrogen and oxygen atoms in total. The van der Waals surface area contributed by atoms with Crippen LogP contribution in [0.1, 0.15) is 39.2 Å². The number of allylic oxidation sites excluding steroid dienone is 5. The standard InChI is InChI=1S/C24H22N8O3/c1-15(8-6-9-16(2)25)22(32-17(3)27-29-30-32)28-35-14-18-10-7-13-21(26-18)31-23(33)19-11-4-5-12-20(19)24(31)34/h4-13H,1,14,25H2,2-3H3/b8-6-,16-9-,28-22+. The summed E-state index contributed by atoms with van der Waals surface area (Å²) < 4.78 is 1.38. The number of pyridine rings is 1. The summed E-state index contributed by atoms with van der Waals surface area (Å²) in [5, 5.41) is 15.6. The van der Waals surface area contributed by atoms with E-state index < -0.39 is 11.8 Å². The molecular weight excluding hydrogens is 448 g/mol. The minimum absolute atomic E-state index is 0.0412. The van der Waals surface area contributed by atoms with Gasteiger partial charge in [-0.25, -0.2) is 9.88 Å². The lowest BCUT2D eigenvalue weighted by Gasteiger charge is -2.13. The summed E-state index contributed by atoms with van der Waals surface area (Å²) >= 11 is 0. The van der Waals surface area contributed by atoms with Crippen molar-refractivity contribution >= 4 is 23.5 Å². The fourth-order valence-corrected chi connectivity index (χ4v) is 3.28. The van der Waals surface area contributed by atoms with Crippen LogP contribution in [0.25, 0.3) is 0 Å². The summed E-state index contributed by atoms with van der Waals surface area (Å²) in [6, 6.07) is 11.6. The molecule has 2 amide bonds. The van der Waals surface area contributed by atoms with Gasteiger partial charge in [-0.05, 0) is 54.6 Å². The number of nitrogens with zero attached hydrogens (tertiary/aromatic N) is 7. The van der Waals surface area contributed by atoms with E-state index in [0.29, 0.717) is 33.9 Å². The van der Waals surface area contributed by atoms with E-state index in [4.69, 9.17) is 10.6 Å². The second kappa shape index (κ2) is 9.91. The zero-order valence-corrected chi connectivity index (χ0v) is 19.1. The van der Waals surface area contributed by atoms with E-state index in [2.05, 4.69) is 32.2 Å². The number of aromatic nitrogens is 5. The number of aryl methyl sites for hydroxylation is 1. The summed E-state index contributed by atoms with van der Waals surface area (Å²) in [6.45, 7) is 7.43. The SMILES string of the molecule is C=C(/C=C\C=C(\C)N)/C(=N\OCc1cccc(N2C(=O)c3ccccc3C2=O)n1)n1nnnc1C. The quantitative estimate of drug-likeness (QED) is 0.183. The lowest BCUT2D eigenvalue weighted by atomic mass is 10.1. The molecule has 3 aromatic rings. The summed E-state index contributed by atoms with van der Waals surface area (Å²) in [7, 11) is 0. The van der Waals surface area contributed by atoms with E-state index in [1.807, 2.05) is 0 Å². The Kier molecular flexibility index (Phi) is 6.58. The lowest BCUT2D eigenvalue weighted by molar-refractivity contribution is 0.0924. The monoisotopic (exact) mass is 470 g/mol.